The normalized spacial score (nSPS) is 12.0. The minimum Gasteiger partial charge on any atom is -0.454 e. The first-order chi connectivity index (χ1) is 12.4. The fourth-order valence-corrected chi connectivity index (χ4v) is 3.63. The Hall–Kier alpha value is -3.46. The first-order valence-corrected chi connectivity index (χ1v) is 8.27. The Kier molecular flexibility index (Phi) is 2.35. The number of para-hydroxylation sites is 2. The molecule has 0 aliphatic rings. The second kappa shape index (κ2) is 4.54. The lowest BCUT2D eigenvalue weighted by Gasteiger charge is -2.04. The third-order valence-electron chi connectivity index (χ3n) is 4.82. The van der Waals surface area contributed by atoms with Gasteiger partial charge in [0.25, 0.3) is 0 Å². The number of pyridine rings is 1. The van der Waals surface area contributed by atoms with Crippen LogP contribution >= 0.6 is 0 Å². The van der Waals surface area contributed by atoms with E-state index in [1.807, 2.05) is 42.5 Å². The lowest BCUT2D eigenvalue weighted by molar-refractivity contribution is 0.660. The molecule has 0 aliphatic heterocycles. The van der Waals surface area contributed by atoms with Crippen LogP contribution < -0.4 is 0 Å². The van der Waals surface area contributed by atoms with E-state index in [4.69, 9.17) is 14.4 Å². The molecule has 3 aromatic carbocycles. The summed E-state index contributed by atoms with van der Waals surface area (Å²) in [4.78, 5) is 9.59. The zero-order valence-electron chi connectivity index (χ0n) is 13.2. The standard InChI is InChI=1S/C22H12N2O/c1-3-7-17-13(5-1)11-21-19(23-17)12-16-20(25-21)10-9-15-14-6-2-4-8-18(14)24-22(15)16/h1-12H. The topological polar surface area (TPSA) is 38.9 Å². The van der Waals surface area contributed by atoms with Crippen molar-refractivity contribution in [3.8, 4) is 0 Å². The van der Waals surface area contributed by atoms with Crippen LogP contribution in [0.1, 0.15) is 0 Å². The van der Waals surface area contributed by atoms with Crippen molar-refractivity contribution in [1.29, 1.82) is 0 Å². The predicted octanol–water partition coefficient (Wildman–Crippen LogP) is 5.84. The molecule has 6 rings (SSSR count). The quantitative estimate of drug-likeness (QED) is 0.330. The van der Waals surface area contributed by atoms with Gasteiger partial charge in [0.2, 0.25) is 0 Å². The number of aromatic nitrogens is 2. The van der Waals surface area contributed by atoms with Gasteiger partial charge in [0.05, 0.1) is 16.6 Å². The van der Waals surface area contributed by atoms with E-state index in [9.17, 15) is 0 Å². The highest BCUT2D eigenvalue weighted by molar-refractivity contribution is 6.17. The fourth-order valence-electron chi connectivity index (χ4n) is 3.63. The van der Waals surface area contributed by atoms with Crippen molar-refractivity contribution >= 4 is 54.8 Å². The van der Waals surface area contributed by atoms with Crippen molar-refractivity contribution in [2.24, 2.45) is 0 Å². The molecule has 0 radical (unpaired) electrons. The number of nitrogens with zero attached hydrogens (tertiary/aromatic N) is 2. The third kappa shape index (κ3) is 1.75. The molecule has 0 spiro atoms. The average molecular weight is 320 g/mol. The third-order valence-corrected chi connectivity index (χ3v) is 4.82. The molecule has 0 bridgehead atoms. The molecule has 0 saturated heterocycles. The van der Waals surface area contributed by atoms with Crippen LogP contribution in [0.5, 0.6) is 0 Å². The number of benzene rings is 3. The smallest absolute Gasteiger partial charge is 0.153 e. The van der Waals surface area contributed by atoms with Gasteiger partial charge >= 0.3 is 0 Å². The Labute approximate surface area is 142 Å². The van der Waals surface area contributed by atoms with E-state index in [0.29, 0.717) is 0 Å². The maximum atomic E-state index is 6.16. The highest BCUT2D eigenvalue weighted by atomic mass is 16.3. The largest absolute Gasteiger partial charge is 0.454 e. The van der Waals surface area contributed by atoms with Crippen molar-refractivity contribution < 1.29 is 4.42 Å². The van der Waals surface area contributed by atoms with E-state index in [0.717, 1.165) is 49.4 Å². The summed E-state index contributed by atoms with van der Waals surface area (Å²) in [5, 5.41) is 4.41. The van der Waals surface area contributed by atoms with Crippen LogP contribution in [-0.4, -0.2) is 9.97 Å². The first kappa shape index (κ1) is 12.9. The molecule has 25 heavy (non-hydrogen) atoms. The second-order valence-corrected chi connectivity index (χ2v) is 6.31. The van der Waals surface area contributed by atoms with Crippen molar-refractivity contribution in [3.63, 3.8) is 0 Å². The van der Waals surface area contributed by atoms with Crippen molar-refractivity contribution in [3.05, 3.63) is 72.8 Å². The summed E-state index contributed by atoms with van der Waals surface area (Å²) in [5.41, 5.74) is 5.43. The van der Waals surface area contributed by atoms with Gasteiger partial charge in [0.1, 0.15) is 11.1 Å². The number of hydrogen-bond acceptors (Lipinski definition) is 3. The number of hydrogen-bond donors (Lipinski definition) is 0. The van der Waals surface area contributed by atoms with E-state index in [1.54, 1.807) is 0 Å². The molecular formula is C22H12N2O. The Morgan fingerprint density at radius 3 is 2.36 bits per heavy atom. The Morgan fingerprint density at radius 2 is 1.40 bits per heavy atom. The molecular weight excluding hydrogens is 308 g/mol. The number of fused-ring (bicyclic) bond motifs is 7. The van der Waals surface area contributed by atoms with Crippen LogP contribution in [0.25, 0.3) is 54.8 Å². The first-order valence-electron chi connectivity index (χ1n) is 8.27. The molecule has 3 heterocycles. The lowest BCUT2D eigenvalue weighted by Crippen LogP contribution is -1.84. The van der Waals surface area contributed by atoms with Crippen LogP contribution in [0.3, 0.4) is 0 Å². The SMILES string of the molecule is c1ccc2nc3cc4c(ccc5c6ccccc6nc45)oc3cc2c1. The molecule has 3 nitrogen and oxygen atoms in total. The van der Waals surface area contributed by atoms with E-state index < -0.39 is 0 Å². The molecule has 0 N–H and O–H groups in total. The zero-order chi connectivity index (χ0) is 16.4. The summed E-state index contributed by atoms with van der Waals surface area (Å²) >= 11 is 0. The van der Waals surface area contributed by atoms with Gasteiger partial charge in [-0.3, -0.25) is 0 Å². The summed E-state index contributed by atoms with van der Waals surface area (Å²) in [7, 11) is 0. The van der Waals surface area contributed by atoms with Gasteiger partial charge in [-0.05, 0) is 36.4 Å². The van der Waals surface area contributed by atoms with E-state index in [1.165, 1.54) is 5.39 Å². The van der Waals surface area contributed by atoms with Gasteiger partial charge < -0.3 is 4.42 Å². The molecule has 0 amide bonds. The van der Waals surface area contributed by atoms with Crippen LogP contribution in [-0.2, 0) is 0 Å². The maximum Gasteiger partial charge on any atom is 0.153 e. The van der Waals surface area contributed by atoms with Gasteiger partial charge in [-0.1, -0.05) is 36.4 Å². The summed E-state index contributed by atoms with van der Waals surface area (Å²) in [5.74, 6) is 0. The van der Waals surface area contributed by atoms with Crippen LogP contribution in [0.15, 0.2) is 77.2 Å². The molecule has 0 saturated carbocycles. The van der Waals surface area contributed by atoms with Crippen molar-refractivity contribution in [1.82, 2.24) is 9.97 Å². The Morgan fingerprint density at radius 1 is 0.560 bits per heavy atom. The monoisotopic (exact) mass is 320 g/mol. The Bertz CT molecular complexity index is 1450. The number of rotatable bonds is 0. The van der Waals surface area contributed by atoms with E-state index in [-0.39, 0.29) is 0 Å². The molecule has 0 unspecified atom stereocenters. The average Bonchev–Trinajstić information content (AvgIpc) is 3.04. The van der Waals surface area contributed by atoms with Crippen molar-refractivity contribution in [2.75, 3.05) is 0 Å². The molecule has 3 heteroatoms. The summed E-state index contributed by atoms with van der Waals surface area (Å²) < 4.78 is 6.16. The minimum absolute atomic E-state index is 0.793. The maximum absolute atomic E-state index is 6.16. The van der Waals surface area contributed by atoms with Crippen LogP contribution in [0.2, 0.25) is 0 Å². The van der Waals surface area contributed by atoms with Gasteiger partial charge in [0, 0.05) is 21.5 Å². The molecule has 0 aliphatic carbocycles. The highest BCUT2D eigenvalue weighted by Crippen LogP contribution is 2.33. The lowest BCUT2D eigenvalue weighted by atomic mass is 10.1. The van der Waals surface area contributed by atoms with E-state index >= 15 is 0 Å². The van der Waals surface area contributed by atoms with Crippen LogP contribution in [0.4, 0.5) is 0 Å². The zero-order valence-corrected chi connectivity index (χ0v) is 13.2. The van der Waals surface area contributed by atoms with Gasteiger partial charge in [-0.25, -0.2) is 9.97 Å². The van der Waals surface area contributed by atoms with Crippen LogP contribution in [0, 0.1) is 0 Å². The van der Waals surface area contributed by atoms with Gasteiger partial charge in [-0.2, -0.15) is 0 Å². The van der Waals surface area contributed by atoms with Gasteiger partial charge in [-0.15, -0.1) is 0 Å². The van der Waals surface area contributed by atoms with Gasteiger partial charge in [0.15, 0.2) is 5.58 Å². The van der Waals surface area contributed by atoms with Crippen molar-refractivity contribution in [2.45, 2.75) is 0 Å². The van der Waals surface area contributed by atoms with E-state index in [2.05, 4.69) is 30.3 Å². The molecule has 6 aromatic rings. The molecule has 116 valence electrons. The second-order valence-electron chi connectivity index (χ2n) is 6.31. The highest BCUT2D eigenvalue weighted by Gasteiger charge is 2.11. The summed E-state index contributed by atoms with van der Waals surface area (Å²) in [6, 6.07) is 24.6. The molecule has 3 aromatic heterocycles. The summed E-state index contributed by atoms with van der Waals surface area (Å²) in [6.45, 7) is 0. The minimum atomic E-state index is 0.793. The molecule has 0 fully saturated rings. The Balaban J connectivity index is 1.80. The summed E-state index contributed by atoms with van der Waals surface area (Å²) in [6.07, 6.45) is 0. The fraction of sp³-hybridized carbons (Fsp3) is 0. The molecule has 0 atom stereocenters. The predicted molar refractivity (Wildman–Crippen MR) is 102 cm³/mol.